The van der Waals surface area contributed by atoms with Crippen LogP contribution in [-0.2, 0) is 10.2 Å². The fraction of sp³-hybridized carbons (Fsp3) is 0.600. The molecule has 0 radical (unpaired) electrons. The molecular formula is C10H16N2O3S. The SMILES string of the molecule is CCNS(=O)(=O)N1CCC(c2ccco2)C1. The van der Waals surface area contributed by atoms with Crippen LogP contribution >= 0.6 is 0 Å². The third-order valence-corrected chi connectivity index (χ3v) is 4.43. The van der Waals surface area contributed by atoms with Crippen molar-refractivity contribution in [2.45, 2.75) is 19.3 Å². The van der Waals surface area contributed by atoms with Crippen molar-refractivity contribution in [2.75, 3.05) is 19.6 Å². The van der Waals surface area contributed by atoms with E-state index in [4.69, 9.17) is 4.42 Å². The molecule has 1 saturated heterocycles. The Hall–Kier alpha value is -0.850. The first-order valence-corrected chi connectivity index (χ1v) is 6.85. The van der Waals surface area contributed by atoms with E-state index in [0.29, 0.717) is 19.6 Å². The Morgan fingerprint density at radius 3 is 3.06 bits per heavy atom. The van der Waals surface area contributed by atoms with Gasteiger partial charge in [0.1, 0.15) is 5.76 Å². The van der Waals surface area contributed by atoms with Crippen LogP contribution in [0.15, 0.2) is 22.8 Å². The van der Waals surface area contributed by atoms with Gasteiger partial charge >= 0.3 is 0 Å². The molecule has 6 heteroatoms. The van der Waals surface area contributed by atoms with Crippen LogP contribution in [0.4, 0.5) is 0 Å². The van der Waals surface area contributed by atoms with Crippen LogP contribution in [-0.4, -0.2) is 32.4 Å². The van der Waals surface area contributed by atoms with Crippen molar-refractivity contribution in [3.8, 4) is 0 Å². The average molecular weight is 244 g/mol. The largest absolute Gasteiger partial charge is 0.469 e. The molecule has 1 atom stereocenters. The summed E-state index contributed by atoms with van der Waals surface area (Å²) >= 11 is 0. The molecule has 0 amide bonds. The van der Waals surface area contributed by atoms with Crippen molar-refractivity contribution in [3.05, 3.63) is 24.2 Å². The number of hydrogen-bond acceptors (Lipinski definition) is 3. The van der Waals surface area contributed by atoms with Crippen LogP contribution in [0.5, 0.6) is 0 Å². The Kier molecular flexibility index (Phi) is 3.32. The maximum Gasteiger partial charge on any atom is 0.279 e. The van der Waals surface area contributed by atoms with E-state index in [1.165, 1.54) is 4.31 Å². The average Bonchev–Trinajstić information content (AvgIpc) is 2.89. The highest BCUT2D eigenvalue weighted by molar-refractivity contribution is 7.87. The Balaban J connectivity index is 2.04. The molecule has 0 saturated carbocycles. The standard InChI is InChI=1S/C10H16N2O3S/c1-2-11-16(13,14)12-6-5-9(8-12)10-4-3-7-15-10/h3-4,7,9,11H,2,5-6,8H2,1H3. The maximum absolute atomic E-state index is 11.7. The van der Waals surface area contributed by atoms with E-state index in [0.717, 1.165) is 12.2 Å². The van der Waals surface area contributed by atoms with Crippen LogP contribution in [0.2, 0.25) is 0 Å². The molecule has 1 N–H and O–H groups in total. The normalized spacial score (nSPS) is 22.7. The Morgan fingerprint density at radius 1 is 1.62 bits per heavy atom. The summed E-state index contributed by atoms with van der Waals surface area (Å²) in [5.74, 6) is 1.05. The quantitative estimate of drug-likeness (QED) is 0.856. The van der Waals surface area contributed by atoms with Gasteiger partial charge in [0, 0.05) is 25.6 Å². The third kappa shape index (κ3) is 2.28. The zero-order valence-corrected chi connectivity index (χ0v) is 10.0. The molecule has 90 valence electrons. The van der Waals surface area contributed by atoms with Crippen molar-refractivity contribution >= 4 is 10.2 Å². The molecule has 1 unspecified atom stereocenters. The molecular weight excluding hydrogens is 228 g/mol. The molecule has 2 rings (SSSR count). The molecule has 1 aliphatic heterocycles. The molecule has 5 nitrogen and oxygen atoms in total. The summed E-state index contributed by atoms with van der Waals surface area (Å²) in [6, 6.07) is 3.73. The van der Waals surface area contributed by atoms with Gasteiger partial charge in [-0.1, -0.05) is 6.92 Å². The van der Waals surface area contributed by atoms with Gasteiger partial charge in [-0.2, -0.15) is 12.7 Å². The van der Waals surface area contributed by atoms with Crippen LogP contribution in [0.25, 0.3) is 0 Å². The third-order valence-electron chi connectivity index (χ3n) is 2.76. The van der Waals surface area contributed by atoms with E-state index in [1.807, 2.05) is 12.1 Å². The van der Waals surface area contributed by atoms with Gasteiger partial charge in [0.05, 0.1) is 6.26 Å². The van der Waals surface area contributed by atoms with E-state index in [2.05, 4.69) is 4.72 Å². The molecule has 2 heterocycles. The monoisotopic (exact) mass is 244 g/mol. The van der Waals surface area contributed by atoms with E-state index < -0.39 is 10.2 Å². The first-order valence-electron chi connectivity index (χ1n) is 5.41. The predicted octanol–water partition coefficient (Wildman–Crippen LogP) is 0.923. The second-order valence-electron chi connectivity index (χ2n) is 3.86. The first kappa shape index (κ1) is 11.6. The van der Waals surface area contributed by atoms with Gasteiger partial charge in [-0.3, -0.25) is 0 Å². The molecule has 0 spiro atoms. The highest BCUT2D eigenvalue weighted by Gasteiger charge is 2.32. The van der Waals surface area contributed by atoms with E-state index in [1.54, 1.807) is 13.2 Å². The minimum atomic E-state index is -3.29. The van der Waals surface area contributed by atoms with Crippen LogP contribution in [0, 0.1) is 0 Å². The van der Waals surface area contributed by atoms with E-state index in [-0.39, 0.29) is 5.92 Å². The van der Waals surface area contributed by atoms with Crippen LogP contribution < -0.4 is 4.72 Å². The van der Waals surface area contributed by atoms with Gasteiger partial charge in [-0.25, -0.2) is 4.72 Å². The predicted molar refractivity (Wildman–Crippen MR) is 60.2 cm³/mol. The molecule has 1 aromatic heterocycles. The lowest BCUT2D eigenvalue weighted by Crippen LogP contribution is -2.39. The van der Waals surface area contributed by atoms with Crippen molar-refractivity contribution in [1.82, 2.24) is 9.03 Å². The topological polar surface area (TPSA) is 62.6 Å². The minimum absolute atomic E-state index is 0.184. The molecule has 1 fully saturated rings. The second kappa shape index (κ2) is 4.57. The number of rotatable bonds is 4. The molecule has 16 heavy (non-hydrogen) atoms. The van der Waals surface area contributed by atoms with Gasteiger partial charge in [-0.05, 0) is 18.6 Å². The smallest absolute Gasteiger partial charge is 0.279 e. The highest BCUT2D eigenvalue weighted by Crippen LogP contribution is 2.28. The number of nitrogens with one attached hydrogen (secondary N) is 1. The molecule has 0 bridgehead atoms. The van der Waals surface area contributed by atoms with Crippen molar-refractivity contribution in [2.24, 2.45) is 0 Å². The fourth-order valence-electron chi connectivity index (χ4n) is 1.98. The lowest BCUT2D eigenvalue weighted by atomic mass is 10.1. The van der Waals surface area contributed by atoms with Gasteiger partial charge in [-0.15, -0.1) is 0 Å². The van der Waals surface area contributed by atoms with Crippen molar-refractivity contribution < 1.29 is 12.8 Å². The van der Waals surface area contributed by atoms with Crippen LogP contribution in [0.1, 0.15) is 25.0 Å². The van der Waals surface area contributed by atoms with Crippen LogP contribution in [0.3, 0.4) is 0 Å². The number of nitrogens with zero attached hydrogens (tertiary/aromatic N) is 1. The van der Waals surface area contributed by atoms with Gasteiger partial charge in [0.25, 0.3) is 10.2 Å². The zero-order valence-electron chi connectivity index (χ0n) is 9.22. The molecule has 0 aromatic carbocycles. The molecule has 0 aliphatic carbocycles. The van der Waals surface area contributed by atoms with Gasteiger partial charge < -0.3 is 4.42 Å². The molecule has 1 aliphatic rings. The molecule has 1 aromatic rings. The first-order chi connectivity index (χ1) is 7.63. The summed E-state index contributed by atoms with van der Waals surface area (Å²) < 4.78 is 32.7. The van der Waals surface area contributed by atoms with Gasteiger partial charge in [0.15, 0.2) is 0 Å². The summed E-state index contributed by atoms with van der Waals surface area (Å²) in [4.78, 5) is 0. The lowest BCUT2D eigenvalue weighted by Gasteiger charge is -2.15. The Morgan fingerprint density at radius 2 is 2.44 bits per heavy atom. The summed E-state index contributed by atoms with van der Waals surface area (Å²) in [6.07, 6.45) is 2.44. The summed E-state index contributed by atoms with van der Waals surface area (Å²) in [5, 5.41) is 0. The highest BCUT2D eigenvalue weighted by atomic mass is 32.2. The Bertz CT molecular complexity index is 427. The Labute approximate surface area is 95.6 Å². The number of furan rings is 1. The summed E-state index contributed by atoms with van der Waals surface area (Å²) in [5.41, 5.74) is 0. The van der Waals surface area contributed by atoms with Crippen molar-refractivity contribution in [1.29, 1.82) is 0 Å². The fourth-order valence-corrected chi connectivity index (χ4v) is 3.25. The minimum Gasteiger partial charge on any atom is -0.469 e. The number of hydrogen-bond donors (Lipinski definition) is 1. The van der Waals surface area contributed by atoms with Crippen molar-refractivity contribution in [3.63, 3.8) is 0 Å². The zero-order chi connectivity index (χ0) is 11.6. The maximum atomic E-state index is 11.7. The second-order valence-corrected chi connectivity index (χ2v) is 5.62. The van der Waals surface area contributed by atoms with E-state index in [9.17, 15) is 8.42 Å². The lowest BCUT2D eigenvalue weighted by molar-refractivity contribution is 0.440. The van der Waals surface area contributed by atoms with E-state index >= 15 is 0 Å². The summed E-state index contributed by atoms with van der Waals surface area (Å²) in [6.45, 7) is 3.26. The summed E-state index contributed by atoms with van der Waals surface area (Å²) in [7, 11) is -3.29. The van der Waals surface area contributed by atoms with Gasteiger partial charge in [0.2, 0.25) is 0 Å².